The van der Waals surface area contributed by atoms with Gasteiger partial charge in [0.15, 0.2) is 6.10 Å². The Balaban J connectivity index is 2.24. The van der Waals surface area contributed by atoms with E-state index in [0.29, 0.717) is 17.2 Å². The van der Waals surface area contributed by atoms with Crippen molar-refractivity contribution < 1.29 is 35.9 Å². The second-order valence-electron chi connectivity index (χ2n) is 5.62. The summed E-state index contributed by atoms with van der Waals surface area (Å²) in [5, 5.41) is 2.36. The molecule has 0 fully saturated rings. The van der Waals surface area contributed by atoms with E-state index in [-0.39, 0.29) is 16.8 Å². The molecule has 0 saturated carbocycles. The molecular weight excluding hydrogens is 435 g/mol. The van der Waals surface area contributed by atoms with Crippen molar-refractivity contribution in [2.75, 3.05) is 5.32 Å². The highest BCUT2D eigenvalue weighted by atomic mass is 35.5. The zero-order valence-electron chi connectivity index (χ0n) is 13.9. The number of anilines is 1. The van der Waals surface area contributed by atoms with E-state index in [1.54, 1.807) is 0 Å². The molecule has 0 heterocycles. The predicted octanol–water partition coefficient (Wildman–Crippen LogP) is 6.44. The topological polar surface area (TPSA) is 38.3 Å². The maximum absolute atomic E-state index is 12.9. The van der Waals surface area contributed by atoms with Gasteiger partial charge in [0.1, 0.15) is 5.75 Å². The van der Waals surface area contributed by atoms with Crippen molar-refractivity contribution in [3.63, 3.8) is 0 Å². The molecule has 0 saturated heterocycles. The highest BCUT2D eigenvalue weighted by Gasteiger charge is 2.37. The summed E-state index contributed by atoms with van der Waals surface area (Å²) in [5.41, 5.74) is -3.77. The van der Waals surface area contributed by atoms with Crippen molar-refractivity contribution in [1.82, 2.24) is 0 Å². The van der Waals surface area contributed by atoms with Gasteiger partial charge in [0, 0.05) is 10.7 Å². The number of nitrogens with one attached hydrogen (secondary N) is 1. The number of amides is 1. The zero-order valence-corrected chi connectivity index (χ0v) is 15.4. The van der Waals surface area contributed by atoms with Gasteiger partial charge in [0.2, 0.25) is 0 Å². The number of carbonyl (C=O) groups is 1. The molecule has 2 rings (SSSR count). The first-order valence-corrected chi connectivity index (χ1v) is 8.25. The number of ether oxygens (including phenoxy) is 1. The molecule has 1 amide bonds. The highest BCUT2D eigenvalue weighted by molar-refractivity contribution is 6.35. The number of halogens is 8. The molecular formula is C17H11Cl2F6NO2. The van der Waals surface area contributed by atoms with Crippen molar-refractivity contribution in [1.29, 1.82) is 0 Å². The first kappa shape index (κ1) is 22.2. The average molecular weight is 446 g/mol. The number of hydrogen-bond acceptors (Lipinski definition) is 2. The molecule has 0 aliphatic rings. The summed E-state index contributed by atoms with van der Waals surface area (Å²) in [4.78, 5) is 12.1. The Morgan fingerprint density at radius 1 is 0.964 bits per heavy atom. The molecule has 3 nitrogen and oxygen atoms in total. The maximum Gasteiger partial charge on any atom is 0.416 e. The van der Waals surface area contributed by atoms with Crippen LogP contribution in [0.3, 0.4) is 0 Å². The molecule has 0 spiro atoms. The maximum atomic E-state index is 12.9. The van der Waals surface area contributed by atoms with Gasteiger partial charge in [-0.1, -0.05) is 23.2 Å². The molecule has 0 aliphatic heterocycles. The molecule has 0 bridgehead atoms. The van der Waals surface area contributed by atoms with Crippen LogP contribution in [-0.4, -0.2) is 12.0 Å². The van der Waals surface area contributed by atoms with Gasteiger partial charge in [-0.3, -0.25) is 4.79 Å². The second kappa shape index (κ2) is 8.08. The monoisotopic (exact) mass is 445 g/mol. The van der Waals surface area contributed by atoms with Crippen molar-refractivity contribution in [3.05, 3.63) is 57.6 Å². The second-order valence-corrected chi connectivity index (χ2v) is 6.46. The fourth-order valence-corrected chi connectivity index (χ4v) is 2.54. The van der Waals surface area contributed by atoms with E-state index in [0.717, 1.165) is 0 Å². The standard InChI is InChI=1S/C17H11Cl2F6NO2/c1-8(28-14-3-2-11(18)7-13(14)19)15(27)26-12-5-9(16(20,21)22)4-10(6-12)17(23,24)25/h2-8H,1H3,(H,26,27). The number of rotatable bonds is 4. The summed E-state index contributed by atoms with van der Waals surface area (Å²) >= 11 is 11.6. The lowest BCUT2D eigenvalue weighted by molar-refractivity contribution is -0.143. The molecule has 1 unspecified atom stereocenters. The summed E-state index contributed by atoms with van der Waals surface area (Å²) in [6, 6.07) is 4.88. The number of alkyl halides is 6. The average Bonchev–Trinajstić information content (AvgIpc) is 2.55. The minimum Gasteiger partial charge on any atom is -0.479 e. The third-order valence-electron chi connectivity index (χ3n) is 3.42. The number of hydrogen-bond donors (Lipinski definition) is 1. The van der Waals surface area contributed by atoms with Crippen LogP contribution in [-0.2, 0) is 17.1 Å². The quantitative estimate of drug-likeness (QED) is 0.550. The van der Waals surface area contributed by atoms with Gasteiger partial charge in [0.25, 0.3) is 5.91 Å². The summed E-state index contributed by atoms with van der Waals surface area (Å²) in [6.45, 7) is 1.25. The zero-order chi connectivity index (χ0) is 21.3. The van der Waals surface area contributed by atoms with Gasteiger partial charge in [-0.2, -0.15) is 26.3 Å². The van der Waals surface area contributed by atoms with E-state index in [1.165, 1.54) is 25.1 Å². The Bertz CT molecular complexity index is 851. The fourth-order valence-electron chi connectivity index (χ4n) is 2.09. The summed E-state index contributed by atoms with van der Waals surface area (Å²) < 4.78 is 82.5. The minimum atomic E-state index is -5.03. The molecule has 152 valence electrons. The Labute approximate surface area is 165 Å². The largest absolute Gasteiger partial charge is 0.479 e. The lowest BCUT2D eigenvalue weighted by atomic mass is 10.1. The van der Waals surface area contributed by atoms with Crippen LogP contribution in [0, 0.1) is 0 Å². The van der Waals surface area contributed by atoms with Crippen molar-refractivity contribution in [2.45, 2.75) is 25.4 Å². The first-order valence-electron chi connectivity index (χ1n) is 7.49. The van der Waals surface area contributed by atoms with Crippen LogP contribution in [0.15, 0.2) is 36.4 Å². The van der Waals surface area contributed by atoms with E-state index in [9.17, 15) is 31.1 Å². The lowest BCUT2D eigenvalue weighted by Gasteiger charge is -2.18. The van der Waals surface area contributed by atoms with Gasteiger partial charge in [-0.25, -0.2) is 0 Å². The van der Waals surface area contributed by atoms with Gasteiger partial charge in [0.05, 0.1) is 16.1 Å². The Morgan fingerprint density at radius 2 is 1.50 bits per heavy atom. The molecule has 0 aliphatic carbocycles. The van der Waals surface area contributed by atoms with E-state index < -0.39 is 41.2 Å². The van der Waals surface area contributed by atoms with Gasteiger partial charge in [-0.05, 0) is 43.3 Å². The molecule has 2 aromatic rings. The molecule has 1 atom stereocenters. The smallest absolute Gasteiger partial charge is 0.416 e. The summed E-state index contributed by atoms with van der Waals surface area (Å²) in [6.07, 6.45) is -11.3. The van der Waals surface area contributed by atoms with Crippen molar-refractivity contribution in [3.8, 4) is 5.75 Å². The van der Waals surface area contributed by atoms with Crippen LogP contribution in [0.1, 0.15) is 18.1 Å². The summed E-state index contributed by atoms with van der Waals surface area (Å²) in [5.74, 6) is -0.910. The number of benzene rings is 2. The normalized spacial score (nSPS) is 13.2. The van der Waals surface area contributed by atoms with Crippen LogP contribution in [0.2, 0.25) is 10.0 Å². The third kappa shape index (κ3) is 5.68. The molecule has 28 heavy (non-hydrogen) atoms. The van der Waals surface area contributed by atoms with Crippen molar-refractivity contribution >= 4 is 34.8 Å². The molecule has 0 radical (unpaired) electrons. The predicted molar refractivity (Wildman–Crippen MR) is 91.6 cm³/mol. The van der Waals surface area contributed by atoms with Crippen LogP contribution >= 0.6 is 23.2 Å². The lowest BCUT2D eigenvalue weighted by Crippen LogP contribution is -2.30. The van der Waals surface area contributed by atoms with Crippen LogP contribution in [0.25, 0.3) is 0 Å². The van der Waals surface area contributed by atoms with E-state index >= 15 is 0 Å². The van der Waals surface area contributed by atoms with Crippen LogP contribution in [0.5, 0.6) is 5.75 Å². The highest BCUT2D eigenvalue weighted by Crippen LogP contribution is 2.37. The SMILES string of the molecule is CC(Oc1ccc(Cl)cc1Cl)C(=O)Nc1cc(C(F)(F)F)cc(C(F)(F)F)c1. The Kier molecular flexibility index (Phi) is 6.40. The first-order chi connectivity index (χ1) is 12.8. The fraction of sp³-hybridized carbons (Fsp3) is 0.235. The van der Waals surface area contributed by atoms with E-state index in [2.05, 4.69) is 0 Å². The van der Waals surface area contributed by atoms with Gasteiger partial charge in [-0.15, -0.1) is 0 Å². The molecule has 0 aromatic heterocycles. The molecule has 1 N–H and O–H groups in total. The minimum absolute atomic E-state index is 0.0386. The Hall–Kier alpha value is -2.13. The van der Waals surface area contributed by atoms with Crippen LogP contribution < -0.4 is 10.1 Å². The van der Waals surface area contributed by atoms with E-state index in [4.69, 9.17) is 27.9 Å². The van der Waals surface area contributed by atoms with E-state index in [1.807, 2.05) is 5.32 Å². The Morgan fingerprint density at radius 3 is 1.96 bits per heavy atom. The summed E-state index contributed by atoms with van der Waals surface area (Å²) in [7, 11) is 0. The van der Waals surface area contributed by atoms with Crippen LogP contribution in [0.4, 0.5) is 32.0 Å². The van der Waals surface area contributed by atoms with Gasteiger partial charge < -0.3 is 10.1 Å². The molecule has 2 aromatic carbocycles. The van der Waals surface area contributed by atoms with Crippen molar-refractivity contribution in [2.24, 2.45) is 0 Å². The number of carbonyl (C=O) groups excluding carboxylic acids is 1. The third-order valence-corrected chi connectivity index (χ3v) is 3.95. The molecule has 11 heteroatoms. The van der Waals surface area contributed by atoms with Gasteiger partial charge >= 0.3 is 12.4 Å².